The molecule has 2 aliphatic rings. The third-order valence-corrected chi connectivity index (χ3v) is 10.9. The van der Waals surface area contributed by atoms with Gasteiger partial charge in [-0.25, -0.2) is 38.1 Å². The van der Waals surface area contributed by atoms with Crippen LogP contribution in [0.5, 0.6) is 11.8 Å². The van der Waals surface area contributed by atoms with Crippen LogP contribution in [0.3, 0.4) is 0 Å². The number of carbonyl (C=O) groups excluding carboxylic acids is 4. The van der Waals surface area contributed by atoms with Gasteiger partial charge in [-0.2, -0.15) is 10.2 Å². The molecule has 7 heterocycles. The Labute approximate surface area is 377 Å². The van der Waals surface area contributed by atoms with E-state index in [1.807, 2.05) is 0 Å². The van der Waals surface area contributed by atoms with E-state index < -0.39 is 34.5 Å². The van der Waals surface area contributed by atoms with E-state index in [4.69, 9.17) is 25.4 Å². The Kier molecular flexibility index (Phi) is 11.5. The lowest BCUT2D eigenvalue weighted by Crippen LogP contribution is -2.52. The molecule has 7 aromatic rings. The molecule has 0 saturated carbocycles. The van der Waals surface area contributed by atoms with Crippen LogP contribution in [0, 0.1) is 18.6 Å². The number of nitrogens with two attached hydrogens (primary N) is 2. The number of ether oxygens (including phenoxy) is 2. The predicted molar refractivity (Wildman–Crippen MR) is 231 cm³/mol. The van der Waals surface area contributed by atoms with E-state index >= 15 is 0 Å². The molecular formula is C42H40F2N16O7. The number of fused-ring (bicyclic) bond motifs is 2. The first-order valence-corrected chi connectivity index (χ1v) is 20.0. The summed E-state index contributed by atoms with van der Waals surface area (Å²) in [6.07, 6.45) is 0. The van der Waals surface area contributed by atoms with Crippen molar-refractivity contribution in [1.29, 1.82) is 0 Å². The zero-order valence-electron chi connectivity index (χ0n) is 36.4. The molecule has 25 heteroatoms. The molecule has 8 N–H and O–H groups in total. The Bertz CT molecular complexity index is 3130. The average Bonchev–Trinajstić information content (AvgIpc) is 4.12. The highest BCUT2D eigenvalue weighted by atomic mass is 19.1. The normalized spacial score (nSPS) is 16.8. The van der Waals surface area contributed by atoms with Crippen LogP contribution in [0.15, 0.2) is 65.1 Å². The second kappa shape index (κ2) is 17.2. The average molecular weight is 919 g/mol. The molecule has 0 aliphatic carbocycles. The van der Waals surface area contributed by atoms with Crippen molar-refractivity contribution in [2.24, 2.45) is 0 Å². The van der Waals surface area contributed by atoms with E-state index in [0.29, 0.717) is 40.0 Å². The van der Waals surface area contributed by atoms with Gasteiger partial charge >= 0.3 is 0 Å². The SMILES string of the molecule is COc1cc(-c2nc(N)c3c(n2)NC(=O)C3(C)C(=O)NNC(C)=O)nn1Cc1ccccc1F.COc1cc(-c2nc(N)c3c(n2)NC(=O)C3(C)c2nnc(C)o2)nn1Cc1ccccc1F. The maximum Gasteiger partial charge on any atom is 0.258 e. The summed E-state index contributed by atoms with van der Waals surface area (Å²) in [5.74, 6) is -1.62. The summed E-state index contributed by atoms with van der Waals surface area (Å²) in [7, 11) is 2.92. The van der Waals surface area contributed by atoms with E-state index in [0.717, 1.165) is 0 Å². The number of hydrazine groups is 1. The van der Waals surface area contributed by atoms with Crippen LogP contribution in [0.1, 0.15) is 54.8 Å². The third kappa shape index (κ3) is 8.01. The van der Waals surface area contributed by atoms with E-state index in [1.54, 1.807) is 62.4 Å². The summed E-state index contributed by atoms with van der Waals surface area (Å²) < 4.78 is 47.4. The van der Waals surface area contributed by atoms with Gasteiger partial charge in [-0.3, -0.25) is 30.0 Å². The molecule has 0 radical (unpaired) electrons. The second-order valence-electron chi connectivity index (χ2n) is 15.4. The highest BCUT2D eigenvalue weighted by Gasteiger charge is 2.53. The summed E-state index contributed by atoms with van der Waals surface area (Å²) in [5, 5.41) is 21.9. The van der Waals surface area contributed by atoms with Crippen molar-refractivity contribution in [3.63, 3.8) is 0 Å². The summed E-state index contributed by atoms with van der Waals surface area (Å²) in [4.78, 5) is 66.8. The fourth-order valence-corrected chi connectivity index (χ4v) is 7.38. The van der Waals surface area contributed by atoms with Gasteiger partial charge < -0.3 is 36.0 Å². The number of anilines is 4. The van der Waals surface area contributed by atoms with Gasteiger partial charge in [0.2, 0.25) is 41.3 Å². The summed E-state index contributed by atoms with van der Waals surface area (Å²) >= 11 is 0. The molecule has 5 aromatic heterocycles. The number of rotatable bonds is 10. The van der Waals surface area contributed by atoms with Crippen LogP contribution < -0.4 is 42.4 Å². The number of halogens is 2. The fourth-order valence-electron chi connectivity index (χ4n) is 7.38. The fraction of sp³-hybridized carbons (Fsp3) is 0.238. The molecular weight excluding hydrogens is 879 g/mol. The first-order chi connectivity index (χ1) is 32.0. The number of carbonyl (C=O) groups is 4. The standard InChI is InChI=1S/C21H21FN8O4.C21H19FN8O3/c1-10(31)27-28-20(33)21(2)15-16(23)24-17(25-18(15)26-19(21)32)13-8-14(34-3)30(29-13)9-11-6-4-5-7-12(11)22;1-10-27-28-20(33-10)21(2)15-16(23)24-17(25-18(15)26-19(21)31)13-8-14(32-3)30(29-13)9-11-6-4-5-7-12(11)22/h4-8H,9H2,1-3H3,(H,27,31)(H,28,33)(H3,23,24,25,26,32);4-8H,9H2,1-3H3,(H3,23,24,25,26,31). The Morgan fingerprint density at radius 2 is 1.24 bits per heavy atom. The van der Waals surface area contributed by atoms with Crippen molar-refractivity contribution in [3.8, 4) is 34.8 Å². The van der Waals surface area contributed by atoms with Crippen LogP contribution in [0.4, 0.5) is 32.1 Å². The number of nitrogen functional groups attached to an aromatic ring is 2. The number of benzene rings is 2. The number of amides is 4. The van der Waals surface area contributed by atoms with Crippen molar-refractivity contribution < 1.29 is 41.8 Å². The number of nitrogens with zero attached hydrogens (tertiary/aromatic N) is 10. The summed E-state index contributed by atoms with van der Waals surface area (Å²) in [6, 6.07) is 15.8. The van der Waals surface area contributed by atoms with Crippen LogP contribution in [0.2, 0.25) is 0 Å². The third-order valence-electron chi connectivity index (χ3n) is 10.9. The molecule has 23 nitrogen and oxygen atoms in total. The van der Waals surface area contributed by atoms with Crippen LogP contribution in [0.25, 0.3) is 23.0 Å². The maximum atomic E-state index is 14.1. The lowest BCUT2D eigenvalue weighted by Gasteiger charge is -2.21. The van der Waals surface area contributed by atoms with Crippen LogP contribution >= 0.6 is 0 Å². The smallest absolute Gasteiger partial charge is 0.258 e. The Hall–Kier alpha value is -8.90. The largest absolute Gasteiger partial charge is 0.481 e. The zero-order valence-corrected chi connectivity index (χ0v) is 36.4. The lowest BCUT2D eigenvalue weighted by molar-refractivity contribution is -0.136. The Balaban J connectivity index is 0.000000182. The predicted octanol–water partition coefficient (Wildman–Crippen LogP) is 2.56. The minimum atomic E-state index is -1.78. The summed E-state index contributed by atoms with van der Waals surface area (Å²) in [5.41, 5.74) is 15.5. The van der Waals surface area contributed by atoms with Gasteiger partial charge in [-0.05, 0) is 26.0 Å². The molecule has 0 bridgehead atoms. The van der Waals surface area contributed by atoms with Crippen molar-refractivity contribution in [3.05, 3.63) is 106 Å². The Morgan fingerprint density at radius 3 is 1.72 bits per heavy atom. The quantitative estimate of drug-likeness (QED) is 0.0848. The minimum Gasteiger partial charge on any atom is -0.481 e. The number of hydrogen-bond donors (Lipinski definition) is 6. The number of aromatic nitrogens is 10. The van der Waals surface area contributed by atoms with Gasteiger partial charge in [0.15, 0.2) is 22.5 Å². The molecule has 2 aromatic carbocycles. The molecule has 0 fully saturated rings. The molecule has 344 valence electrons. The van der Waals surface area contributed by atoms with Crippen molar-refractivity contribution in [1.82, 2.24) is 60.5 Å². The van der Waals surface area contributed by atoms with Crippen molar-refractivity contribution in [2.45, 2.75) is 51.6 Å². The highest BCUT2D eigenvalue weighted by Crippen LogP contribution is 2.45. The van der Waals surface area contributed by atoms with Gasteiger partial charge in [-0.15, -0.1) is 10.2 Å². The Morgan fingerprint density at radius 1 is 0.746 bits per heavy atom. The molecule has 0 saturated heterocycles. The van der Waals surface area contributed by atoms with E-state index in [1.165, 1.54) is 49.6 Å². The molecule has 0 spiro atoms. The molecule has 2 unspecified atom stereocenters. The van der Waals surface area contributed by atoms with E-state index in [2.05, 4.69) is 61.8 Å². The van der Waals surface area contributed by atoms with E-state index in [-0.39, 0.29) is 76.8 Å². The van der Waals surface area contributed by atoms with Crippen molar-refractivity contribution >= 4 is 46.9 Å². The van der Waals surface area contributed by atoms with Gasteiger partial charge in [0.25, 0.3) is 5.91 Å². The topological polar surface area (TPSA) is 313 Å². The highest BCUT2D eigenvalue weighted by molar-refractivity contribution is 6.21. The lowest BCUT2D eigenvalue weighted by atomic mass is 9.83. The maximum absolute atomic E-state index is 14.1. The first-order valence-electron chi connectivity index (χ1n) is 20.0. The molecule has 67 heavy (non-hydrogen) atoms. The number of nitrogens with one attached hydrogen (secondary N) is 4. The second-order valence-corrected chi connectivity index (χ2v) is 15.4. The molecule has 2 aliphatic heterocycles. The number of aryl methyl sites for hydroxylation is 1. The van der Waals surface area contributed by atoms with Gasteiger partial charge in [0.05, 0.1) is 38.4 Å². The summed E-state index contributed by atoms with van der Waals surface area (Å²) in [6.45, 7) is 6.02. The van der Waals surface area contributed by atoms with Crippen LogP contribution in [-0.4, -0.2) is 87.5 Å². The van der Waals surface area contributed by atoms with E-state index in [9.17, 15) is 28.0 Å². The monoisotopic (exact) mass is 918 g/mol. The van der Waals surface area contributed by atoms with Crippen LogP contribution in [-0.2, 0) is 43.1 Å². The first kappa shape index (κ1) is 44.7. The number of hydrogen-bond acceptors (Lipinski definition) is 17. The van der Waals surface area contributed by atoms with Gasteiger partial charge in [0.1, 0.15) is 46.3 Å². The minimum absolute atomic E-state index is 0.0376. The number of methoxy groups -OCH3 is 2. The molecule has 2 atom stereocenters. The van der Waals surface area contributed by atoms with Crippen molar-refractivity contribution in [2.75, 3.05) is 36.3 Å². The molecule has 4 amide bonds. The van der Waals surface area contributed by atoms with Gasteiger partial charge in [-0.1, -0.05) is 36.4 Å². The van der Waals surface area contributed by atoms with Gasteiger partial charge in [0, 0.05) is 37.1 Å². The zero-order chi connectivity index (χ0) is 47.9. The molecule has 9 rings (SSSR count).